The number of fused-ring (bicyclic) bond motifs is 2. The summed E-state index contributed by atoms with van der Waals surface area (Å²) in [6, 6.07) is 7.21. The Hall–Kier alpha value is -1.88. The Morgan fingerprint density at radius 3 is 2.38 bits per heavy atom. The number of nitrogens with one attached hydrogen (secondary N) is 1. The van der Waals surface area contributed by atoms with Crippen molar-refractivity contribution in [2.45, 2.75) is 31.7 Å². The first-order valence-corrected chi connectivity index (χ1v) is 7.48. The van der Waals surface area contributed by atoms with Crippen molar-refractivity contribution in [3.05, 3.63) is 29.8 Å². The maximum absolute atomic E-state index is 12.4. The molecule has 21 heavy (non-hydrogen) atoms. The number of hydrogen-bond donors (Lipinski definition) is 3. The van der Waals surface area contributed by atoms with Crippen LogP contribution < -0.4 is 16.8 Å². The summed E-state index contributed by atoms with van der Waals surface area (Å²) in [4.78, 5) is 23.3. The van der Waals surface area contributed by atoms with Gasteiger partial charge in [0.15, 0.2) is 0 Å². The van der Waals surface area contributed by atoms with Gasteiger partial charge in [0, 0.05) is 11.7 Å². The van der Waals surface area contributed by atoms with Gasteiger partial charge in [0.1, 0.15) is 0 Å². The fourth-order valence-corrected chi connectivity index (χ4v) is 3.86. The lowest BCUT2D eigenvalue weighted by molar-refractivity contribution is -0.122. The molecule has 0 heterocycles. The number of anilines is 1. The molecule has 3 rings (SSSR count). The average molecular weight is 287 g/mol. The minimum Gasteiger partial charge on any atom is -0.369 e. The number of amides is 2. The Balaban J connectivity index is 1.64. The Labute approximate surface area is 124 Å². The third-order valence-corrected chi connectivity index (χ3v) is 4.88. The Morgan fingerprint density at radius 1 is 1.14 bits per heavy atom. The van der Waals surface area contributed by atoms with E-state index in [2.05, 4.69) is 5.32 Å². The first-order valence-electron chi connectivity index (χ1n) is 7.48. The monoisotopic (exact) mass is 287 g/mol. The molecule has 0 aliphatic heterocycles. The van der Waals surface area contributed by atoms with Crippen LogP contribution in [0.25, 0.3) is 0 Å². The van der Waals surface area contributed by atoms with Crippen LogP contribution in [0.1, 0.15) is 24.8 Å². The molecule has 5 nitrogen and oxygen atoms in total. The topological polar surface area (TPSA) is 98.2 Å². The van der Waals surface area contributed by atoms with Gasteiger partial charge in [-0.25, -0.2) is 0 Å². The molecule has 0 spiro atoms. The van der Waals surface area contributed by atoms with Gasteiger partial charge < -0.3 is 16.8 Å². The maximum atomic E-state index is 12.4. The van der Waals surface area contributed by atoms with E-state index in [9.17, 15) is 9.59 Å². The lowest BCUT2D eigenvalue weighted by atomic mass is 9.84. The van der Waals surface area contributed by atoms with Crippen LogP contribution in [0.4, 0.5) is 5.69 Å². The molecule has 0 radical (unpaired) electrons. The van der Waals surface area contributed by atoms with E-state index < -0.39 is 0 Å². The zero-order valence-electron chi connectivity index (χ0n) is 11.9. The number of hydrogen-bond acceptors (Lipinski definition) is 3. The van der Waals surface area contributed by atoms with Gasteiger partial charge in [-0.2, -0.15) is 0 Å². The highest BCUT2D eigenvalue weighted by atomic mass is 16.2. The minimum atomic E-state index is -0.361. The third-order valence-electron chi connectivity index (χ3n) is 4.88. The standard InChI is InChI=1S/C16H21N3O2/c17-13(20)7-9-1-5-12(6-2-9)19-16(21)14-10-3-4-11(8-10)15(14)18/h1-2,5-6,10-11,14-15H,3-4,7-8,18H2,(H2,17,20)(H,19,21). The second kappa shape index (κ2) is 5.48. The van der Waals surface area contributed by atoms with E-state index in [-0.39, 0.29) is 30.2 Å². The van der Waals surface area contributed by atoms with Crippen LogP contribution in [0.15, 0.2) is 24.3 Å². The van der Waals surface area contributed by atoms with Crippen molar-refractivity contribution in [3.63, 3.8) is 0 Å². The number of nitrogens with two attached hydrogens (primary N) is 2. The van der Waals surface area contributed by atoms with E-state index in [1.54, 1.807) is 24.3 Å². The van der Waals surface area contributed by atoms with E-state index in [0.717, 1.165) is 30.5 Å². The first kappa shape index (κ1) is 14.1. The van der Waals surface area contributed by atoms with Crippen LogP contribution in [-0.4, -0.2) is 17.9 Å². The molecule has 2 aliphatic carbocycles. The number of carbonyl (C=O) groups excluding carboxylic acids is 2. The molecule has 2 amide bonds. The number of primary amides is 1. The van der Waals surface area contributed by atoms with Crippen molar-refractivity contribution >= 4 is 17.5 Å². The quantitative estimate of drug-likeness (QED) is 0.771. The van der Waals surface area contributed by atoms with Crippen molar-refractivity contribution in [2.24, 2.45) is 29.2 Å². The lowest BCUT2D eigenvalue weighted by Gasteiger charge is -2.27. The predicted octanol–water partition coefficient (Wildman–Crippen LogP) is 1.03. The molecular formula is C16H21N3O2. The van der Waals surface area contributed by atoms with Crippen LogP contribution in [0, 0.1) is 17.8 Å². The maximum Gasteiger partial charge on any atom is 0.229 e. The highest BCUT2D eigenvalue weighted by Crippen LogP contribution is 2.47. The van der Waals surface area contributed by atoms with Crippen LogP contribution in [0.5, 0.6) is 0 Å². The van der Waals surface area contributed by atoms with Crippen molar-refractivity contribution < 1.29 is 9.59 Å². The molecule has 112 valence electrons. The van der Waals surface area contributed by atoms with Gasteiger partial charge in [0.05, 0.1) is 12.3 Å². The SMILES string of the molecule is NC(=O)Cc1ccc(NC(=O)C2C3CCC(C3)C2N)cc1. The highest BCUT2D eigenvalue weighted by Gasteiger charge is 2.49. The Morgan fingerprint density at radius 2 is 1.81 bits per heavy atom. The normalized spacial score (nSPS) is 30.3. The summed E-state index contributed by atoms with van der Waals surface area (Å²) in [5.41, 5.74) is 12.9. The van der Waals surface area contributed by atoms with Gasteiger partial charge in [-0.1, -0.05) is 12.1 Å². The molecular weight excluding hydrogens is 266 g/mol. The van der Waals surface area contributed by atoms with Gasteiger partial charge in [-0.3, -0.25) is 9.59 Å². The van der Waals surface area contributed by atoms with Crippen LogP contribution in [0.2, 0.25) is 0 Å². The second-order valence-corrected chi connectivity index (χ2v) is 6.27. The van der Waals surface area contributed by atoms with Crippen molar-refractivity contribution in [3.8, 4) is 0 Å². The Kier molecular flexibility index (Phi) is 3.68. The van der Waals surface area contributed by atoms with E-state index in [1.165, 1.54) is 0 Å². The summed E-state index contributed by atoms with van der Waals surface area (Å²) in [7, 11) is 0. The number of carbonyl (C=O) groups is 2. The van der Waals surface area contributed by atoms with Gasteiger partial charge in [0.2, 0.25) is 11.8 Å². The zero-order chi connectivity index (χ0) is 15.0. The summed E-state index contributed by atoms with van der Waals surface area (Å²) in [5.74, 6) is 0.564. The Bertz CT molecular complexity index is 553. The molecule has 5 N–H and O–H groups in total. The van der Waals surface area contributed by atoms with E-state index in [1.807, 2.05) is 0 Å². The molecule has 1 aromatic rings. The van der Waals surface area contributed by atoms with Crippen LogP contribution >= 0.6 is 0 Å². The lowest BCUT2D eigenvalue weighted by Crippen LogP contribution is -2.42. The predicted molar refractivity (Wildman–Crippen MR) is 80.3 cm³/mol. The van der Waals surface area contributed by atoms with Crippen LogP contribution in [0.3, 0.4) is 0 Å². The van der Waals surface area contributed by atoms with Gasteiger partial charge in [-0.15, -0.1) is 0 Å². The molecule has 4 unspecified atom stereocenters. The smallest absolute Gasteiger partial charge is 0.229 e. The highest BCUT2D eigenvalue weighted by molar-refractivity contribution is 5.93. The van der Waals surface area contributed by atoms with Crippen LogP contribution in [-0.2, 0) is 16.0 Å². The summed E-state index contributed by atoms with van der Waals surface area (Å²) < 4.78 is 0. The van der Waals surface area contributed by atoms with Gasteiger partial charge in [0.25, 0.3) is 0 Å². The van der Waals surface area contributed by atoms with E-state index >= 15 is 0 Å². The van der Waals surface area contributed by atoms with E-state index in [4.69, 9.17) is 11.5 Å². The largest absolute Gasteiger partial charge is 0.369 e. The minimum absolute atomic E-state index is 0.00196. The van der Waals surface area contributed by atoms with Crippen molar-refractivity contribution in [1.29, 1.82) is 0 Å². The van der Waals surface area contributed by atoms with Crippen molar-refractivity contribution in [1.82, 2.24) is 0 Å². The third kappa shape index (κ3) is 2.78. The average Bonchev–Trinajstić information content (AvgIpc) is 3.01. The molecule has 5 heteroatoms. The second-order valence-electron chi connectivity index (χ2n) is 6.27. The molecule has 2 bridgehead atoms. The molecule has 0 aromatic heterocycles. The fraction of sp³-hybridized carbons (Fsp3) is 0.500. The first-order chi connectivity index (χ1) is 10.0. The molecule has 4 atom stereocenters. The van der Waals surface area contributed by atoms with Gasteiger partial charge >= 0.3 is 0 Å². The molecule has 2 saturated carbocycles. The number of rotatable bonds is 4. The van der Waals surface area contributed by atoms with E-state index in [0.29, 0.717) is 11.8 Å². The van der Waals surface area contributed by atoms with Crippen molar-refractivity contribution in [2.75, 3.05) is 5.32 Å². The summed E-state index contributed by atoms with van der Waals surface area (Å²) in [6.45, 7) is 0. The summed E-state index contributed by atoms with van der Waals surface area (Å²) in [6.07, 6.45) is 3.59. The molecule has 2 aliphatic rings. The zero-order valence-corrected chi connectivity index (χ0v) is 11.9. The molecule has 0 saturated heterocycles. The molecule has 2 fully saturated rings. The molecule has 1 aromatic carbocycles. The fourth-order valence-electron chi connectivity index (χ4n) is 3.86. The summed E-state index contributed by atoms with van der Waals surface area (Å²) in [5, 5.41) is 2.94. The van der Waals surface area contributed by atoms with Gasteiger partial charge in [-0.05, 0) is 48.8 Å². The summed E-state index contributed by atoms with van der Waals surface area (Å²) >= 11 is 0. The number of benzene rings is 1.